The molecule has 1 unspecified atom stereocenters. The Kier molecular flexibility index (Phi) is 5.02. The Morgan fingerprint density at radius 3 is 2.70 bits per heavy atom. The summed E-state index contributed by atoms with van der Waals surface area (Å²) in [4.78, 5) is 28.1. The van der Waals surface area contributed by atoms with E-state index in [4.69, 9.17) is 28.0 Å². The van der Waals surface area contributed by atoms with Crippen LogP contribution in [0.1, 0.15) is 29.6 Å². The molecule has 0 saturated heterocycles. The molecule has 1 N–H and O–H groups in total. The minimum atomic E-state index is -1.31. The molecular formula is C14H15Cl2NO3. The fourth-order valence-corrected chi connectivity index (χ4v) is 2.75. The summed E-state index contributed by atoms with van der Waals surface area (Å²) >= 11 is 11.9. The third kappa shape index (κ3) is 3.95. The molecule has 0 aliphatic heterocycles. The maximum absolute atomic E-state index is 11.7. The smallest absolute Gasteiger partial charge is 0.356 e. The highest BCUT2D eigenvalue weighted by Crippen LogP contribution is 2.37. The van der Waals surface area contributed by atoms with E-state index in [0.717, 1.165) is 0 Å². The fraction of sp³-hybridized carbons (Fsp3) is 0.429. The number of Topliss-reactive ketones (excluding diaryl/α,β-unsaturated/α-hetero) is 1. The van der Waals surface area contributed by atoms with Crippen LogP contribution in [0.5, 0.6) is 0 Å². The van der Waals surface area contributed by atoms with Crippen molar-refractivity contribution in [3.63, 3.8) is 0 Å². The Morgan fingerprint density at radius 1 is 1.35 bits per heavy atom. The number of rotatable bonds is 4. The average molecular weight is 316 g/mol. The third-order valence-corrected chi connectivity index (χ3v) is 4.01. The van der Waals surface area contributed by atoms with Gasteiger partial charge in [0.15, 0.2) is 10.1 Å². The molecular weight excluding hydrogens is 301 g/mol. The van der Waals surface area contributed by atoms with Gasteiger partial charge >= 0.3 is 5.97 Å². The van der Waals surface area contributed by atoms with Gasteiger partial charge in [-0.25, -0.2) is 4.79 Å². The van der Waals surface area contributed by atoms with Gasteiger partial charge in [-0.1, -0.05) is 41.4 Å². The Morgan fingerprint density at radius 2 is 2.05 bits per heavy atom. The first kappa shape index (κ1) is 15.3. The van der Waals surface area contributed by atoms with E-state index in [-0.39, 0.29) is 11.7 Å². The SMILES string of the molecule is O=C(ONCC1CCC(=O)C(Cl)(Cl)C1)c1ccccc1. The number of benzene rings is 1. The topological polar surface area (TPSA) is 55.4 Å². The van der Waals surface area contributed by atoms with Gasteiger partial charge in [0.05, 0.1) is 5.56 Å². The van der Waals surface area contributed by atoms with Crippen molar-refractivity contribution in [3.05, 3.63) is 35.9 Å². The lowest BCUT2D eigenvalue weighted by Crippen LogP contribution is -2.38. The maximum Gasteiger partial charge on any atom is 0.356 e. The summed E-state index contributed by atoms with van der Waals surface area (Å²) in [6, 6.07) is 8.69. The number of ketones is 1. The maximum atomic E-state index is 11.7. The van der Waals surface area contributed by atoms with Crippen LogP contribution >= 0.6 is 23.2 Å². The zero-order valence-corrected chi connectivity index (χ0v) is 12.3. The predicted molar refractivity (Wildman–Crippen MR) is 76.6 cm³/mol. The van der Waals surface area contributed by atoms with Crippen LogP contribution in [0, 0.1) is 5.92 Å². The van der Waals surface area contributed by atoms with Gasteiger partial charge in [-0.3, -0.25) is 4.79 Å². The average Bonchev–Trinajstić information content (AvgIpc) is 2.43. The fourth-order valence-electron chi connectivity index (χ4n) is 2.13. The van der Waals surface area contributed by atoms with Gasteiger partial charge < -0.3 is 4.84 Å². The summed E-state index contributed by atoms with van der Waals surface area (Å²) in [6.45, 7) is 0.424. The molecule has 1 fully saturated rings. The lowest BCUT2D eigenvalue weighted by Gasteiger charge is -2.29. The highest BCUT2D eigenvalue weighted by Gasteiger charge is 2.39. The minimum Gasteiger partial charge on any atom is -0.367 e. The zero-order valence-electron chi connectivity index (χ0n) is 10.8. The van der Waals surface area contributed by atoms with Crippen molar-refractivity contribution in [2.75, 3.05) is 6.54 Å². The summed E-state index contributed by atoms with van der Waals surface area (Å²) in [5, 5.41) is 0. The molecule has 1 aromatic rings. The zero-order chi connectivity index (χ0) is 14.6. The van der Waals surface area contributed by atoms with Crippen LogP contribution < -0.4 is 5.48 Å². The second-order valence-corrected chi connectivity index (χ2v) is 6.32. The quantitative estimate of drug-likeness (QED) is 0.685. The summed E-state index contributed by atoms with van der Waals surface area (Å²) in [6.07, 6.45) is 1.41. The normalized spacial score (nSPS) is 21.5. The van der Waals surface area contributed by atoms with Crippen LogP contribution in [0.4, 0.5) is 0 Å². The molecule has 2 rings (SSSR count). The van der Waals surface area contributed by atoms with E-state index >= 15 is 0 Å². The first-order chi connectivity index (χ1) is 9.49. The summed E-state index contributed by atoms with van der Waals surface area (Å²) in [5.74, 6) is -0.481. The van der Waals surface area contributed by atoms with Crippen LogP contribution in [-0.2, 0) is 9.63 Å². The third-order valence-electron chi connectivity index (χ3n) is 3.28. The number of alkyl halides is 2. The molecule has 0 amide bonds. The first-order valence-corrected chi connectivity index (χ1v) is 7.15. The van der Waals surface area contributed by atoms with Gasteiger partial charge in [-0.2, -0.15) is 5.48 Å². The van der Waals surface area contributed by atoms with Crippen molar-refractivity contribution in [3.8, 4) is 0 Å². The van der Waals surface area contributed by atoms with Crippen molar-refractivity contribution in [1.29, 1.82) is 0 Å². The molecule has 1 atom stereocenters. The van der Waals surface area contributed by atoms with Crippen molar-refractivity contribution in [2.24, 2.45) is 5.92 Å². The molecule has 4 nitrogen and oxygen atoms in total. The number of hydroxylamine groups is 1. The van der Waals surface area contributed by atoms with E-state index in [0.29, 0.717) is 31.4 Å². The number of halogens is 2. The van der Waals surface area contributed by atoms with E-state index in [9.17, 15) is 9.59 Å². The standard InChI is InChI=1S/C14H15Cl2NO3/c15-14(16)8-10(6-7-12(14)18)9-17-20-13(19)11-4-2-1-3-5-11/h1-5,10,17H,6-9H2. The van der Waals surface area contributed by atoms with Crippen molar-refractivity contribution in [1.82, 2.24) is 5.48 Å². The second kappa shape index (κ2) is 6.57. The molecule has 0 spiro atoms. The van der Waals surface area contributed by atoms with Gasteiger partial charge in [-0.05, 0) is 30.9 Å². The molecule has 1 aliphatic carbocycles. The molecule has 0 aromatic heterocycles. The largest absolute Gasteiger partial charge is 0.367 e. The summed E-state index contributed by atoms with van der Waals surface area (Å²) < 4.78 is -1.31. The van der Waals surface area contributed by atoms with Crippen LogP contribution in [0.15, 0.2) is 30.3 Å². The molecule has 0 radical (unpaired) electrons. The number of carbonyl (C=O) groups is 2. The Hall–Kier alpha value is -1.10. The van der Waals surface area contributed by atoms with E-state index in [1.54, 1.807) is 24.3 Å². The van der Waals surface area contributed by atoms with Crippen LogP contribution in [-0.4, -0.2) is 22.6 Å². The summed E-state index contributed by atoms with van der Waals surface area (Å²) in [7, 11) is 0. The first-order valence-electron chi connectivity index (χ1n) is 6.39. The lowest BCUT2D eigenvalue weighted by atomic mass is 9.88. The molecule has 0 heterocycles. The van der Waals surface area contributed by atoms with Gasteiger partial charge in [0.2, 0.25) is 0 Å². The van der Waals surface area contributed by atoms with Crippen molar-refractivity contribution < 1.29 is 14.4 Å². The predicted octanol–water partition coefficient (Wildman–Crippen LogP) is 2.89. The van der Waals surface area contributed by atoms with Crippen LogP contribution in [0.25, 0.3) is 0 Å². The van der Waals surface area contributed by atoms with Gasteiger partial charge in [0, 0.05) is 13.0 Å². The number of hydrogen-bond acceptors (Lipinski definition) is 4. The van der Waals surface area contributed by atoms with E-state index in [1.807, 2.05) is 6.07 Å². The molecule has 1 aliphatic rings. The van der Waals surface area contributed by atoms with Crippen LogP contribution in [0.2, 0.25) is 0 Å². The van der Waals surface area contributed by atoms with Gasteiger partial charge in [0.25, 0.3) is 0 Å². The van der Waals surface area contributed by atoms with Gasteiger partial charge in [0.1, 0.15) is 0 Å². The monoisotopic (exact) mass is 315 g/mol. The lowest BCUT2D eigenvalue weighted by molar-refractivity contribution is -0.121. The molecule has 1 saturated carbocycles. The molecule has 6 heteroatoms. The second-order valence-electron chi connectivity index (χ2n) is 4.84. The molecule has 108 valence electrons. The minimum absolute atomic E-state index is 0.103. The number of carbonyl (C=O) groups excluding carboxylic acids is 2. The Labute approximate surface area is 127 Å². The Bertz CT molecular complexity index is 490. The Balaban J connectivity index is 1.77. The molecule has 0 bridgehead atoms. The highest BCUT2D eigenvalue weighted by molar-refractivity contribution is 6.58. The number of nitrogens with one attached hydrogen (secondary N) is 1. The van der Waals surface area contributed by atoms with Crippen LogP contribution in [0.3, 0.4) is 0 Å². The van der Waals surface area contributed by atoms with Crippen molar-refractivity contribution in [2.45, 2.75) is 23.6 Å². The van der Waals surface area contributed by atoms with E-state index in [1.165, 1.54) is 0 Å². The number of hydrogen-bond donors (Lipinski definition) is 1. The van der Waals surface area contributed by atoms with Crippen molar-refractivity contribution >= 4 is 35.0 Å². The van der Waals surface area contributed by atoms with E-state index < -0.39 is 10.3 Å². The molecule has 1 aromatic carbocycles. The molecule has 20 heavy (non-hydrogen) atoms. The highest BCUT2D eigenvalue weighted by atomic mass is 35.5. The van der Waals surface area contributed by atoms with E-state index in [2.05, 4.69) is 5.48 Å². The van der Waals surface area contributed by atoms with Gasteiger partial charge in [-0.15, -0.1) is 0 Å². The summed E-state index contributed by atoms with van der Waals surface area (Å²) in [5.41, 5.74) is 3.10.